The molecule has 0 aromatic heterocycles. The summed E-state index contributed by atoms with van der Waals surface area (Å²) in [5.74, 6) is -2.08. The highest BCUT2D eigenvalue weighted by Gasteiger charge is 2.34. The molecule has 0 saturated heterocycles. The fourth-order valence-electron chi connectivity index (χ4n) is 1.16. The van der Waals surface area contributed by atoms with Gasteiger partial charge < -0.3 is 9.47 Å². The van der Waals surface area contributed by atoms with Gasteiger partial charge in [0.2, 0.25) is 0 Å². The van der Waals surface area contributed by atoms with Gasteiger partial charge in [0.25, 0.3) is 5.69 Å². The van der Waals surface area contributed by atoms with Crippen LogP contribution in [0.5, 0.6) is 5.75 Å². The lowest BCUT2D eigenvalue weighted by Gasteiger charge is -2.12. The summed E-state index contributed by atoms with van der Waals surface area (Å²) in [5, 5.41) is 10.6. The standard InChI is InChI=1S/C9H5BrF3NO5/c1-18-8(15)4-2-6(14(16)17)5(10)3-7(4)19-9(11,12)13/h2-3H,1H3. The maximum atomic E-state index is 12.2. The van der Waals surface area contributed by atoms with Crippen molar-refractivity contribution in [2.75, 3.05) is 7.11 Å². The van der Waals surface area contributed by atoms with Crippen molar-refractivity contribution in [3.63, 3.8) is 0 Å². The zero-order valence-corrected chi connectivity index (χ0v) is 10.7. The Hall–Kier alpha value is -1.84. The van der Waals surface area contributed by atoms with Crippen LogP contribution in [0.2, 0.25) is 0 Å². The van der Waals surface area contributed by atoms with Gasteiger partial charge >= 0.3 is 12.3 Å². The Balaban J connectivity index is 3.40. The molecule has 6 nitrogen and oxygen atoms in total. The molecule has 1 aromatic rings. The molecular weight excluding hydrogens is 339 g/mol. The van der Waals surface area contributed by atoms with Crippen LogP contribution in [0.3, 0.4) is 0 Å². The van der Waals surface area contributed by atoms with Crippen molar-refractivity contribution in [2.45, 2.75) is 6.36 Å². The average Bonchev–Trinajstić information content (AvgIpc) is 2.25. The number of alkyl halides is 3. The number of hydrogen-bond donors (Lipinski definition) is 0. The summed E-state index contributed by atoms with van der Waals surface area (Å²) in [7, 11) is 0.924. The smallest absolute Gasteiger partial charge is 0.465 e. The minimum Gasteiger partial charge on any atom is -0.465 e. The molecule has 104 valence electrons. The van der Waals surface area contributed by atoms with Crippen molar-refractivity contribution in [2.24, 2.45) is 0 Å². The highest BCUT2D eigenvalue weighted by atomic mass is 79.9. The Morgan fingerprint density at radius 3 is 2.42 bits per heavy atom. The predicted molar refractivity (Wildman–Crippen MR) is 58.8 cm³/mol. The van der Waals surface area contributed by atoms with Gasteiger partial charge in [-0.15, -0.1) is 13.2 Å². The van der Waals surface area contributed by atoms with E-state index in [2.05, 4.69) is 25.4 Å². The Morgan fingerprint density at radius 2 is 2.00 bits per heavy atom. The maximum Gasteiger partial charge on any atom is 0.573 e. The Labute approximate surface area is 112 Å². The Bertz CT molecular complexity index is 531. The van der Waals surface area contributed by atoms with Crippen LogP contribution in [0.4, 0.5) is 18.9 Å². The lowest BCUT2D eigenvalue weighted by molar-refractivity contribution is -0.385. The molecule has 10 heteroatoms. The molecule has 0 fully saturated rings. The van der Waals surface area contributed by atoms with Crippen molar-refractivity contribution in [1.29, 1.82) is 0 Å². The van der Waals surface area contributed by atoms with Crippen molar-refractivity contribution in [3.05, 3.63) is 32.3 Å². The van der Waals surface area contributed by atoms with Gasteiger partial charge in [-0.2, -0.15) is 0 Å². The summed E-state index contributed by atoms with van der Waals surface area (Å²) >= 11 is 2.72. The molecule has 0 N–H and O–H groups in total. The fourth-order valence-corrected chi connectivity index (χ4v) is 1.63. The molecule has 0 saturated carbocycles. The van der Waals surface area contributed by atoms with Crippen molar-refractivity contribution in [3.8, 4) is 5.75 Å². The quantitative estimate of drug-likeness (QED) is 0.478. The maximum absolute atomic E-state index is 12.2. The minimum atomic E-state index is -5.04. The van der Waals surface area contributed by atoms with E-state index in [1.165, 1.54) is 0 Å². The minimum absolute atomic E-state index is 0.260. The molecule has 0 aliphatic carbocycles. The van der Waals surface area contributed by atoms with E-state index in [9.17, 15) is 28.1 Å². The number of benzene rings is 1. The summed E-state index contributed by atoms with van der Waals surface area (Å²) in [6, 6.07) is 1.31. The van der Waals surface area contributed by atoms with Crippen LogP contribution in [-0.4, -0.2) is 24.4 Å². The number of nitrogens with zero attached hydrogens (tertiary/aromatic N) is 1. The van der Waals surface area contributed by atoms with Crippen LogP contribution in [0, 0.1) is 10.1 Å². The number of hydrogen-bond acceptors (Lipinski definition) is 5. The highest BCUT2D eigenvalue weighted by Crippen LogP contribution is 2.35. The first-order chi connectivity index (χ1) is 8.65. The third-order valence-corrected chi connectivity index (χ3v) is 2.51. The average molecular weight is 344 g/mol. The van der Waals surface area contributed by atoms with E-state index >= 15 is 0 Å². The number of ether oxygens (including phenoxy) is 2. The van der Waals surface area contributed by atoms with Gasteiger partial charge in [-0.25, -0.2) is 4.79 Å². The molecule has 0 unspecified atom stereocenters. The zero-order chi connectivity index (χ0) is 14.8. The van der Waals surface area contributed by atoms with E-state index in [0.717, 1.165) is 7.11 Å². The predicted octanol–water partition coefficient (Wildman–Crippen LogP) is 3.04. The van der Waals surface area contributed by atoms with Crippen LogP contribution in [-0.2, 0) is 4.74 Å². The lowest BCUT2D eigenvalue weighted by Crippen LogP contribution is -2.19. The van der Waals surface area contributed by atoms with Crippen LogP contribution in [0.15, 0.2) is 16.6 Å². The number of carbonyl (C=O) groups excluding carboxylic acids is 1. The first-order valence-corrected chi connectivity index (χ1v) is 5.27. The number of esters is 1. The summed E-state index contributed by atoms with van der Waals surface area (Å²) in [6.07, 6.45) is -5.04. The molecule has 0 heterocycles. The molecule has 1 rings (SSSR count). The van der Waals surface area contributed by atoms with Gasteiger partial charge in [0.1, 0.15) is 11.3 Å². The largest absolute Gasteiger partial charge is 0.573 e. The molecule has 0 aliphatic heterocycles. The summed E-state index contributed by atoms with van der Waals surface area (Å²) in [5.41, 5.74) is -1.29. The SMILES string of the molecule is COC(=O)c1cc([N+](=O)[O-])c(Br)cc1OC(F)(F)F. The van der Waals surface area contributed by atoms with Crippen LogP contribution >= 0.6 is 15.9 Å². The third-order valence-electron chi connectivity index (χ3n) is 1.88. The molecule has 0 atom stereocenters. The molecule has 0 spiro atoms. The molecule has 0 bridgehead atoms. The molecule has 1 aromatic carbocycles. The Kier molecular flexibility index (Phi) is 4.35. The molecule has 19 heavy (non-hydrogen) atoms. The second kappa shape index (κ2) is 5.43. The van der Waals surface area contributed by atoms with Gasteiger partial charge in [0, 0.05) is 12.1 Å². The highest BCUT2D eigenvalue weighted by molar-refractivity contribution is 9.10. The van der Waals surface area contributed by atoms with E-state index in [-0.39, 0.29) is 4.47 Å². The lowest BCUT2D eigenvalue weighted by atomic mass is 10.2. The topological polar surface area (TPSA) is 78.7 Å². The monoisotopic (exact) mass is 343 g/mol. The third kappa shape index (κ3) is 3.81. The number of rotatable bonds is 3. The normalized spacial score (nSPS) is 11.0. The van der Waals surface area contributed by atoms with Gasteiger partial charge in [0.15, 0.2) is 0 Å². The van der Waals surface area contributed by atoms with E-state index in [1.54, 1.807) is 0 Å². The van der Waals surface area contributed by atoms with Crippen molar-refractivity contribution in [1.82, 2.24) is 0 Å². The van der Waals surface area contributed by atoms with E-state index in [4.69, 9.17) is 0 Å². The number of carbonyl (C=O) groups is 1. The van der Waals surface area contributed by atoms with Gasteiger partial charge in [0.05, 0.1) is 16.5 Å². The summed E-state index contributed by atoms with van der Waals surface area (Å²) in [6.45, 7) is 0. The van der Waals surface area contributed by atoms with E-state index in [1.807, 2.05) is 0 Å². The number of methoxy groups -OCH3 is 1. The zero-order valence-electron chi connectivity index (χ0n) is 9.16. The molecule has 0 amide bonds. The number of nitro benzene ring substituents is 1. The summed E-state index contributed by atoms with van der Waals surface area (Å²) < 4.78 is 44.1. The fraction of sp³-hybridized carbons (Fsp3) is 0.222. The van der Waals surface area contributed by atoms with Crippen molar-refractivity contribution >= 4 is 27.6 Å². The van der Waals surface area contributed by atoms with Crippen LogP contribution < -0.4 is 4.74 Å². The second-order valence-electron chi connectivity index (χ2n) is 3.10. The first-order valence-electron chi connectivity index (χ1n) is 4.47. The second-order valence-corrected chi connectivity index (χ2v) is 3.95. The van der Waals surface area contributed by atoms with Crippen LogP contribution in [0.1, 0.15) is 10.4 Å². The number of halogens is 4. The number of nitro groups is 1. The van der Waals surface area contributed by atoms with Gasteiger partial charge in [-0.1, -0.05) is 0 Å². The van der Waals surface area contributed by atoms with Crippen LogP contribution in [0.25, 0.3) is 0 Å². The molecular formula is C9H5BrF3NO5. The van der Waals surface area contributed by atoms with Gasteiger partial charge in [-0.05, 0) is 15.9 Å². The Morgan fingerprint density at radius 1 is 1.42 bits per heavy atom. The molecule has 0 radical (unpaired) electrons. The van der Waals surface area contributed by atoms with Crippen molar-refractivity contribution < 1.29 is 32.4 Å². The first kappa shape index (κ1) is 15.2. The summed E-state index contributed by atoms with van der Waals surface area (Å²) in [4.78, 5) is 21.1. The van der Waals surface area contributed by atoms with E-state index < -0.39 is 34.3 Å². The van der Waals surface area contributed by atoms with Gasteiger partial charge in [-0.3, -0.25) is 10.1 Å². The van der Waals surface area contributed by atoms with E-state index in [0.29, 0.717) is 12.1 Å². The molecule has 0 aliphatic rings.